The highest BCUT2D eigenvalue weighted by atomic mass is 16.2. The largest absolute Gasteiger partial charge is 0.379 e. The van der Waals surface area contributed by atoms with Crippen molar-refractivity contribution in [3.8, 4) is 0 Å². The molecule has 2 aromatic heterocycles. The Morgan fingerprint density at radius 2 is 1.85 bits per heavy atom. The number of hydrogen-bond donors (Lipinski definition) is 3. The Morgan fingerprint density at radius 1 is 1.12 bits per heavy atom. The van der Waals surface area contributed by atoms with Gasteiger partial charge < -0.3 is 15.6 Å². The van der Waals surface area contributed by atoms with Crippen LogP contribution in [0.3, 0.4) is 0 Å². The molecule has 1 amide bonds. The van der Waals surface area contributed by atoms with Crippen LogP contribution in [-0.4, -0.2) is 44.0 Å². The first-order chi connectivity index (χ1) is 16.2. The molecule has 3 rings (SSSR count). The van der Waals surface area contributed by atoms with E-state index in [-0.39, 0.29) is 40.9 Å². The Morgan fingerprint density at radius 3 is 2.56 bits per heavy atom. The fourth-order valence-electron chi connectivity index (χ4n) is 3.26. The van der Waals surface area contributed by atoms with E-state index in [1.54, 1.807) is 44.3 Å². The highest BCUT2D eigenvalue weighted by Crippen LogP contribution is 2.12. The van der Waals surface area contributed by atoms with E-state index in [1.807, 2.05) is 0 Å². The summed E-state index contributed by atoms with van der Waals surface area (Å²) < 4.78 is 0. The van der Waals surface area contributed by atoms with Crippen LogP contribution in [-0.2, 0) is 16.1 Å². The lowest BCUT2D eigenvalue weighted by atomic mass is 9.99. The number of aryl methyl sites for hydroxylation is 1. The maximum atomic E-state index is 12.3. The van der Waals surface area contributed by atoms with Gasteiger partial charge in [-0.2, -0.15) is 0 Å². The lowest BCUT2D eigenvalue weighted by molar-refractivity contribution is -0.126. The van der Waals surface area contributed by atoms with Gasteiger partial charge >= 0.3 is 0 Å². The number of aromatic nitrogens is 4. The predicted molar refractivity (Wildman–Crippen MR) is 127 cm³/mol. The summed E-state index contributed by atoms with van der Waals surface area (Å²) in [6.45, 7) is 5.64. The van der Waals surface area contributed by atoms with Crippen LogP contribution in [0.4, 0.5) is 5.69 Å². The van der Waals surface area contributed by atoms with Gasteiger partial charge in [0, 0.05) is 36.6 Å². The van der Waals surface area contributed by atoms with Crippen molar-refractivity contribution in [3.05, 3.63) is 57.9 Å². The number of H-pyrrole nitrogens is 1. The van der Waals surface area contributed by atoms with E-state index in [0.29, 0.717) is 48.7 Å². The maximum absolute atomic E-state index is 12.3. The minimum atomic E-state index is -0.331. The van der Waals surface area contributed by atoms with E-state index in [2.05, 4.69) is 30.6 Å². The molecule has 0 saturated heterocycles. The average molecular weight is 465 g/mol. The van der Waals surface area contributed by atoms with Crippen molar-refractivity contribution in [3.63, 3.8) is 0 Å². The molecule has 0 aliphatic heterocycles. The summed E-state index contributed by atoms with van der Waals surface area (Å²) in [5, 5.41) is 5.98. The summed E-state index contributed by atoms with van der Waals surface area (Å²) in [5.74, 6) is 0.0337. The first-order valence-electron chi connectivity index (χ1n) is 11.1. The van der Waals surface area contributed by atoms with Gasteiger partial charge in [-0.1, -0.05) is 6.92 Å². The molecule has 0 saturated carbocycles. The van der Waals surface area contributed by atoms with E-state index in [0.717, 1.165) is 5.69 Å². The Bertz CT molecular complexity index is 1250. The highest BCUT2D eigenvalue weighted by Gasteiger charge is 2.13. The van der Waals surface area contributed by atoms with Crippen LogP contribution in [0.15, 0.2) is 35.3 Å². The van der Waals surface area contributed by atoms with Crippen LogP contribution in [0.5, 0.6) is 0 Å². The van der Waals surface area contributed by atoms with Gasteiger partial charge in [0.2, 0.25) is 0 Å². The van der Waals surface area contributed by atoms with Crippen LogP contribution < -0.4 is 16.2 Å². The molecule has 10 nitrogen and oxygen atoms in total. The lowest BCUT2D eigenvalue weighted by Crippen LogP contribution is -2.25. The number of hydrogen-bond acceptors (Lipinski definition) is 8. The fraction of sp³-hybridized carbons (Fsp3) is 0.375. The molecule has 0 bridgehead atoms. The first kappa shape index (κ1) is 24.7. The molecule has 10 heteroatoms. The Hall–Kier alpha value is -3.95. The molecule has 34 heavy (non-hydrogen) atoms. The third-order valence-electron chi connectivity index (χ3n) is 5.35. The standard InChI is InChI=1S/C24H28N6O4/c1-14(15(2)31)11-20(32)5-4-10-25-23(33)17-6-8-18(9-7-17)26-12-19-13-27-22-21(30-19)24(34)29-16(3)28-22/h6-9,13-14,26H,4-5,10-12H2,1-3H3,(H,25,33)(H,27,28,29,34)/t14-/m1/s1. The van der Waals surface area contributed by atoms with Gasteiger partial charge in [0.05, 0.1) is 18.4 Å². The van der Waals surface area contributed by atoms with Crippen molar-refractivity contribution >= 4 is 34.3 Å². The van der Waals surface area contributed by atoms with E-state index in [1.165, 1.54) is 6.92 Å². The van der Waals surface area contributed by atoms with E-state index < -0.39 is 0 Å². The zero-order chi connectivity index (χ0) is 24.7. The summed E-state index contributed by atoms with van der Waals surface area (Å²) in [7, 11) is 0. The second-order valence-corrected chi connectivity index (χ2v) is 8.23. The highest BCUT2D eigenvalue weighted by molar-refractivity contribution is 5.94. The molecule has 0 spiro atoms. The number of ketones is 2. The molecular weight excluding hydrogens is 436 g/mol. The van der Waals surface area contributed by atoms with Gasteiger partial charge in [0.25, 0.3) is 11.5 Å². The molecule has 1 atom stereocenters. The number of rotatable bonds is 11. The Balaban J connectivity index is 1.46. The van der Waals surface area contributed by atoms with Crippen LogP contribution in [0.25, 0.3) is 11.2 Å². The number of fused-ring (bicyclic) bond motifs is 1. The van der Waals surface area contributed by atoms with E-state index in [4.69, 9.17) is 0 Å². The molecule has 0 radical (unpaired) electrons. The molecule has 0 aliphatic rings. The van der Waals surface area contributed by atoms with Crippen molar-refractivity contribution in [2.45, 2.75) is 46.6 Å². The molecule has 0 unspecified atom stereocenters. The SMILES string of the molecule is CC(=O)[C@H](C)CC(=O)CCCNC(=O)c1ccc(NCc2cnc3nc(C)[nH]c(=O)c3n2)cc1. The molecule has 1 aromatic carbocycles. The van der Waals surface area contributed by atoms with Crippen molar-refractivity contribution in [2.24, 2.45) is 5.92 Å². The van der Waals surface area contributed by atoms with Gasteiger partial charge in [-0.25, -0.2) is 15.0 Å². The number of amides is 1. The molecule has 3 aromatic rings. The fourth-order valence-corrected chi connectivity index (χ4v) is 3.26. The number of aromatic amines is 1. The summed E-state index contributed by atoms with van der Waals surface area (Å²) >= 11 is 0. The molecule has 178 valence electrons. The van der Waals surface area contributed by atoms with Crippen molar-refractivity contribution in [1.29, 1.82) is 0 Å². The number of nitrogens with one attached hydrogen (secondary N) is 3. The quantitative estimate of drug-likeness (QED) is 0.366. The number of nitrogens with zero attached hydrogens (tertiary/aromatic N) is 3. The number of anilines is 1. The monoisotopic (exact) mass is 464 g/mol. The number of carbonyl (C=O) groups excluding carboxylic acids is 3. The molecule has 0 aliphatic carbocycles. The second kappa shape index (κ2) is 11.3. The van der Waals surface area contributed by atoms with Crippen molar-refractivity contribution in [1.82, 2.24) is 25.3 Å². The number of carbonyl (C=O) groups is 3. The van der Waals surface area contributed by atoms with Crippen LogP contribution >= 0.6 is 0 Å². The topological polar surface area (TPSA) is 147 Å². The summed E-state index contributed by atoms with van der Waals surface area (Å²) in [4.78, 5) is 62.7. The lowest BCUT2D eigenvalue weighted by Gasteiger charge is -2.09. The van der Waals surface area contributed by atoms with Gasteiger partial charge in [-0.3, -0.25) is 19.2 Å². The average Bonchev–Trinajstić information content (AvgIpc) is 2.80. The van der Waals surface area contributed by atoms with Crippen LogP contribution in [0.2, 0.25) is 0 Å². The summed E-state index contributed by atoms with van der Waals surface area (Å²) in [5.41, 5.74) is 2.02. The minimum absolute atomic E-state index is 0.00685. The maximum Gasteiger partial charge on any atom is 0.279 e. The van der Waals surface area contributed by atoms with Crippen LogP contribution in [0.1, 0.15) is 55.0 Å². The predicted octanol–water partition coefficient (Wildman–Crippen LogP) is 2.33. The van der Waals surface area contributed by atoms with E-state index >= 15 is 0 Å². The van der Waals surface area contributed by atoms with Crippen LogP contribution in [0, 0.1) is 12.8 Å². The number of Topliss-reactive ketones (excluding diaryl/α,β-unsaturated/α-hetero) is 2. The zero-order valence-electron chi connectivity index (χ0n) is 19.5. The first-order valence-corrected chi connectivity index (χ1v) is 11.1. The Kier molecular flexibility index (Phi) is 8.18. The normalized spacial score (nSPS) is 11.7. The minimum Gasteiger partial charge on any atom is -0.379 e. The summed E-state index contributed by atoms with van der Waals surface area (Å²) in [6.07, 6.45) is 2.67. The third-order valence-corrected chi connectivity index (χ3v) is 5.35. The smallest absolute Gasteiger partial charge is 0.279 e. The van der Waals surface area contributed by atoms with Gasteiger partial charge in [-0.05, 0) is 44.5 Å². The van der Waals surface area contributed by atoms with Gasteiger partial charge in [0.15, 0.2) is 11.2 Å². The van der Waals surface area contributed by atoms with Gasteiger partial charge in [-0.15, -0.1) is 0 Å². The summed E-state index contributed by atoms with van der Waals surface area (Å²) in [6, 6.07) is 6.93. The molecule has 3 N–H and O–H groups in total. The number of benzene rings is 1. The van der Waals surface area contributed by atoms with Gasteiger partial charge in [0.1, 0.15) is 17.4 Å². The molecule has 0 fully saturated rings. The van der Waals surface area contributed by atoms with Crippen molar-refractivity contribution in [2.75, 3.05) is 11.9 Å². The van der Waals surface area contributed by atoms with Crippen molar-refractivity contribution < 1.29 is 14.4 Å². The second-order valence-electron chi connectivity index (χ2n) is 8.23. The Labute approximate surface area is 196 Å². The molecular formula is C24H28N6O4. The zero-order valence-corrected chi connectivity index (χ0v) is 19.5. The molecule has 2 heterocycles. The third kappa shape index (κ3) is 6.77. The van der Waals surface area contributed by atoms with E-state index in [9.17, 15) is 19.2 Å².